The first-order chi connectivity index (χ1) is 11.0. The average Bonchev–Trinajstić information content (AvgIpc) is 2.86. The van der Waals surface area contributed by atoms with E-state index < -0.39 is 11.9 Å². The third kappa shape index (κ3) is 2.35. The van der Waals surface area contributed by atoms with Crippen molar-refractivity contribution in [2.75, 3.05) is 6.54 Å². The van der Waals surface area contributed by atoms with E-state index >= 15 is 0 Å². The summed E-state index contributed by atoms with van der Waals surface area (Å²) >= 11 is 0. The van der Waals surface area contributed by atoms with E-state index in [9.17, 15) is 14.7 Å². The molecule has 3 heterocycles. The van der Waals surface area contributed by atoms with E-state index in [0.29, 0.717) is 30.5 Å². The summed E-state index contributed by atoms with van der Waals surface area (Å²) in [5.74, 6) is -0.411. The lowest BCUT2D eigenvalue weighted by molar-refractivity contribution is -0.148. The molecule has 3 atom stereocenters. The van der Waals surface area contributed by atoms with Crippen molar-refractivity contribution in [3.8, 4) is 0 Å². The molecule has 6 heteroatoms. The summed E-state index contributed by atoms with van der Waals surface area (Å²) in [7, 11) is 1.81. The fraction of sp³-hybridized carbons (Fsp3) is 0.706. The first-order valence-corrected chi connectivity index (χ1v) is 8.62. The quantitative estimate of drug-likeness (QED) is 0.925. The molecule has 1 aromatic heterocycles. The monoisotopic (exact) mass is 317 g/mol. The molecule has 2 aliphatic heterocycles. The van der Waals surface area contributed by atoms with Crippen LogP contribution in [-0.2, 0) is 11.8 Å². The molecule has 0 spiro atoms. The molecule has 23 heavy (non-hydrogen) atoms. The fourth-order valence-electron chi connectivity index (χ4n) is 4.43. The third-order valence-corrected chi connectivity index (χ3v) is 6.00. The van der Waals surface area contributed by atoms with Gasteiger partial charge >= 0.3 is 5.97 Å². The van der Waals surface area contributed by atoms with Crippen molar-refractivity contribution in [2.24, 2.45) is 18.9 Å². The minimum Gasteiger partial charge on any atom is -0.481 e. The second kappa shape index (κ2) is 5.35. The molecule has 5 rings (SSSR count). The van der Waals surface area contributed by atoms with E-state index in [-0.39, 0.29) is 11.9 Å². The minimum atomic E-state index is -0.766. The smallest absolute Gasteiger partial charge is 0.308 e. The number of aromatic nitrogens is 2. The maximum Gasteiger partial charge on any atom is 0.308 e. The molecule has 4 aliphatic rings. The highest BCUT2D eigenvalue weighted by Crippen LogP contribution is 2.40. The largest absolute Gasteiger partial charge is 0.481 e. The number of carboxylic acids is 1. The van der Waals surface area contributed by atoms with E-state index in [0.717, 1.165) is 31.4 Å². The number of amides is 1. The SMILES string of the molecule is Cn1nc(C2CCC2)cc1C(=O)N1C[C@@H]2CC[C@H]1[C@H](C(=O)O)C2. The van der Waals surface area contributed by atoms with E-state index in [1.54, 1.807) is 9.58 Å². The fourth-order valence-corrected chi connectivity index (χ4v) is 4.43. The summed E-state index contributed by atoms with van der Waals surface area (Å²) in [5, 5.41) is 14.0. The highest BCUT2D eigenvalue weighted by molar-refractivity contribution is 5.93. The van der Waals surface area contributed by atoms with Gasteiger partial charge in [-0.25, -0.2) is 0 Å². The van der Waals surface area contributed by atoms with E-state index in [4.69, 9.17) is 0 Å². The Morgan fingerprint density at radius 1 is 1.26 bits per heavy atom. The van der Waals surface area contributed by atoms with Crippen LogP contribution in [0.3, 0.4) is 0 Å². The lowest BCUT2D eigenvalue weighted by atomic mass is 9.72. The van der Waals surface area contributed by atoms with Gasteiger partial charge in [0.25, 0.3) is 5.91 Å². The molecular weight excluding hydrogens is 294 g/mol. The molecular formula is C17H23N3O3. The van der Waals surface area contributed by atoms with Crippen LogP contribution in [0, 0.1) is 11.8 Å². The molecule has 0 aromatic carbocycles. The van der Waals surface area contributed by atoms with Crippen LogP contribution in [0.15, 0.2) is 6.07 Å². The maximum absolute atomic E-state index is 13.0. The molecule has 4 fully saturated rings. The van der Waals surface area contributed by atoms with Crippen molar-refractivity contribution in [2.45, 2.75) is 50.5 Å². The van der Waals surface area contributed by atoms with E-state index in [1.165, 1.54) is 6.42 Å². The Morgan fingerprint density at radius 3 is 2.65 bits per heavy atom. The number of hydrogen-bond donors (Lipinski definition) is 1. The third-order valence-electron chi connectivity index (χ3n) is 6.00. The van der Waals surface area contributed by atoms with Crippen LogP contribution in [0.25, 0.3) is 0 Å². The van der Waals surface area contributed by atoms with Crippen LogP contribution in [0.4, 0.5) is 0 Å². The normalized spacial score (nSPS) is 30.3. The maximum atomic E-state index is 13.0. The topological polar surface area (TPSA) is 75.4 Å². The molecule has 0 unspecified atom stereocenters. The predicted molar refractivity (Wildman–Crippen MR) is 83.1 cm³/mol. The van der Waals surface area contributed by atoms with Gasteiger partial charge in [0.2, 0.25) is 0 Å². The zero-order valence-electron chi connectivity index (χ0n) is 13.4. The number of carbonyl (C=O) groups is 2. The Labute approximate surface area is 135 Å². The number of piperidine rings is 2. The summed E-state index contributed by atoms with van der Waals surface area (Å²) in [5.41, 5.74) is 1.61. The van der Waals surface area contributed by atoms with Crippen LogP contribution in [-0.4, -0.2) is 44.3 Å². The summed E-state index contributed by atoms with van der Waals surface area (Å²) in [6.45, 7) is 0.692. The van der Waals surface area contributed by atoms with Crippen LogP contribution < -0.4 is 0 Å². The zero-order valence-corrected chi connectivity index (χ0v) is 13.4. The molecule has 2 saturated carbocycles. The summed E-state index contributed by atoms with van der Waals surface area (Å²) in [6.07, 6.45) is 6.10. The molecule has 1 amide bonds. The number of nitrogens with zero attached hydrogens (tertiary/aromatic N) is 3. The van der Waals surface area contributed by atoms with Crippen molar-refractivity contribution >= 4 is 11.9 Å². The second-order valence-corrected chi connectivity index (χ2v) is 7.35. The minimum absolute atomic E-state index is 0.0498. The molecule has 2 bridgehead atoms. The molecule has 1 aromatic rings. The number of rotatable bonds is 3. The Balaban J connectivity index is 1.59. The van der Waals surface area contributed by atoms with Crippen LogP contribution in [0.5, 0.6) is 0 Å². The lowest BCUT2D eigenvalue weighted by Crippen LogP contribution is -2.57. The molecule has 2 aliphatic carbocycles. The number of fused-ring (bicyclic) bond motifs is 3. The van der Waals surface area contributed by atoms with Gasteiger partial charge in [-0.2, -0.15) is 5.10 Å². The van der Waals surface area contributed by atoms with Gasteiger partial charge in [0, 0.05) is 25.6 Å². The molecule has 0 radical (unpaired) electrons. The number of aliphatic carboxylic acids is 1. The van der Waals surface area contributed by atoms with Crippen molar-refractivity contribution in [1.29, 1.82) is 0 Å². The number of carbonyl (C=O) groups excluding carboxylic acids is 1. The second-order valence-electron chi connectivity index (χ2n) is 7.35. The summed E-state index contributed by atoms with van der Waals surface area (Å²) in [6, 6.07) is 1.76. The Kier molecular flexibility index (Phi) is 3.43. The van der Waals surface area contributed by atoms with Crippen LogP contribution >= 0.6 is 0 Å². The van der Waals surface area contributed by atoms with Crippen molar-refractivity contribution in [3.63, 3.8) is 0 Å². The molecule has 2 saturated heterocycles. The first kappa shape index (κ1) is 14.7. The Hall–Kier alpha value is -1.85. The van der Waals surface area contributed by atoms with Gasteiger partial charge in [0.1, 0.15) is 5.69 Å². The molecule has 124 valence electrons. The van der Waals surface area contributed by atoms with E-state index in [2.05, 4.69) is 5.10 Å². The molecule has 1 N–H and O–H groups in total. The summed E-state index contributed by atoms with van der Waals surface area (Å²) < 4.78 is 1.67. The number of aryl methyl sites for hydroxylation is 1. The van der Waals surface area contributed by atoms with Crippen molar-refractivity contribution in [1.82, 2.24) is 14.7 Å². The Bertz CT molecular complexity index is 650. The zero-order chi connectivity index (χ0) is 16.1. The van der Waals surface area contributed by atoms with Crippen molar-refractivity contribution < 1.29 is 14.7 Å². The standard InChI is InChI=1S/C17H23N3O3/c1-19-15(8-13(18-19)11-3-2-4-11)16(21)20-9-10-5-6-14(20)12(7-10)17(22)23/h8,10-12,14H,2-7,9H2,1H3,(H,22,23)/t10-,12-,14+/m1/s1. The van der Waals surface area contributed by atoms with Crippen LogP contribution in [0.2, 0.25) is 0 Å². The van der Waals surface area contributed by atoms with Gasteiger partial charge in [-0.1, -0.05) is 6.42 Å². The van der Waals surface area contributed by atoms with Crippen LogP contribution in [0.1, 0.15) is 60.6 Å². The predicted octanol–water partition coefficient (Wildman–Crippen LogP) is 2.01. The molecule has 6 nitrogen and oxygen atoms in total. The van der Waals surface area contributed by atoms with Gasteiger partial charge in [0.15, 0.2) is 0 Å². The highest BCUT2D eigenvalue weighted by atomic mass is 16.4. The van der Waals surface area contributed by atoms with Gasteiger partial charge in [0.05, 0.1) is 11.6 Å². The van der Waals surface area contributed by atoms with Gasteiger partial charge in [-0.15, -0.1) is 0 Å². The Morgan fingerprint density at radius 2 is 2.04 bits per heavy atom. The highest BCUT2D eigenvalue weighted by Gasteiger charge is 2.46. The van der Waals surface area contributed by atoms with Crippen molar-refractivity contribution in [3.05, 3.63) is 17.5 Å². The number of hydrogen-bond acceptors (Lipinski definition) is 3. The first-order valence-electron chi connectivity index (χ1n) is 8.62. The number of carboxylic acid groups (broad SMARTS) is 1. The van der Waals surface area contributed by atoms with Gasteiger partial charge < -0.3 is 10.0 Å². The summed E-state index contributed by atoms with van der Waals surface area (Å²) in [4.78, 5) is 26.3. The average molecular weight is 317 g/mol. The lowest BCUT2D eigenvalue weighted by Gasteiger charge is -2.48. The van der Waals surface area contributed by atoms with E-state index in [1.807, 2.05) is 13.1 Å². The van der Waals surface area contributed by atoms with Gasteiger partial charge in [-0.3, -0.25) is 14.3 Å². The van der Waals surface area contributed by atoms with Gasteiger partial charge in [-0.05, 0) is 44.1 Å².